The zero-order valence-electron chi connectivity index (χ0n) is 16.4. The first-order chi connectivity index (χ1) is 14.0. The molecule has 1 aliphatic heterocycles. The molecule has 29 heavy (non-hydrogen) atoms. The minimum atomic E-state index is -0.417. The van der Waals surface area contributed by atoms with Gasteiger partial charge < -0.3 is 15.5 Å². The SMILES string of the molecule is CC1CCc2ncnc(N3CCN(C(=O)C(CN)c4ccc(Cl)c(Cl)c4)CC3)c21. The van der Waals surface area contributed by atoms with Gasteiger partial charge in [0, 0.05) is 44.0 Å². The molecule has 1 saturated heterocycles. The van der Waals surface area contributed by atoms with Gasteiger partial charge in [0.1, 0.15) is 12.1 Å². The lowest BCUT2D eigenvalue weighted by Crippen LogP contribution is -2.51. The maximum absolute atomic E-state index is 13.1. The van der Waals surface area contributed by atoms with E-state index in [0.717, 1.165) is 37.3 Å². The van der Waals surface area contributed by atoms with E-state index in [0.29, 0.717) is 29.1 Å². The molecule has 1 fully saturated rings. The lowest BCUT2D eigenvalue weighted by Gasteiger charge is -2.37. The fourth-order valence-corrected chi connectivity index (χ4v) is 4.65. The minimum absolute atomic E-state index is 0.0341. The topological polar surface area (TPSA) is 75.4 Å². The van der Waals surface area contributed by atoms with E-state index in [-0.39, 0.29) is 12.5 Å². The molecule has 2 aromatic rings. The second-order valence-electron chi connectivity index (χ2n) is 7.77. The number of carbonyl (C=O) groups excluding carboxylic acids is 1. The molecule has 6 nitrogen and oxygen atoms in total. The molecule has 0 bridgehead atoms. The summed E-state index contributed by atoms with van der Waals surface area (Å²) in [5.74, 6) is 1.13. The number of hydrogen-bond donors (Lipinski definition) is 1. The van der Waals surface area contributed by atoms with Crippen LogP contribution in [-0.4, -0.2) is 53.5 Å². The van der Waals surface area contributed by atoms with Crippen LogP contribution in [0.25, 0.3) is 0 Å². The van der Waals surface area contributed by atoms with Crippen LogP contribution in [0, 0.1) is 0 Å². The molecule has 1 amide bonds. The Morgan fingerprint density at radius 2 is 1.97 bits per heavy atom. The highest BCUT2D eigenvalue weighted by atomic mass is 35.5. The number of piperazine rings is 1. The number of aryl methyl sites for hydroxylation is 1. The predicted molar refractivity (Wildman–Crippen MR) is 116 cm³/mol. The van der Waals surface area contributed by atoms with Gasteiger partial charge in [-0.25, -0.2) is 9.97 Å². The minimum Gasteiger partial charge on any atom is -0.353 e. The molecule has 1 aromatic heterocycles. The van der Waals surface area contributed by atoms with Crippen LogP contribution in [0.2, 0.25) is 10.0 Å². The van der Waals surface area contributed by atoms with Crippen molar-refractivity contribution in [1.82, 2.24) is 14.9 Å². The number of rotatable bonds is 4. The van der Waals surface area contributed by atoms with E-state index >= 15 is 0 Å². The van der Waals surface area contributed by atoms with Gasteiger partial charge in [-0.05, 0) is 36.5 Å². The lowest BCUT2D eigenvalue weighted by atomic mass is 9.97. The summed E-state index contributed by atoms with van der Waals surface area (Å²) < 4.78 is 0. The third kappa shape index (κ3) is 3.93. The number of carbonyl (C=O) groups is 1. The normalized spacial score (nSPS) is 19.9. The molecule has 0 saturated carbocycles. The average molecular weight is 434 g/mol. The fourth-order valence-electron chi connectivity index (χ4n) is 4.34. The highest BCUT2D eigenvalue weighted by Crippen LogP contribution is 2.37. The lowest BCUT2D eigenvalue weighted by molar-refractivity contribution is -0.132. The summed E-state index contributed by atoms with van der Waals surface area (Å²) in [6, 6.07) is 5.27. The van der Waals surface area contributed by atoms with E-state index in [2.05, 4.69) is 21.8 Å². The van der Waals surface area contributed by atoms with Crippen LogP contribution < -0.4 is 10.6 Å². The maximum atomic E-state index is 13.1. The molecule has 2 N–H and O–H groups in total. The van der Waals surface area contributed by atoms with Gasteiger partial charge in [0.2, 0.25) is 5.91 Å². The van der Waals surface area contributed by atoms with Crippen molar-refractivity contribution < 1.29 is 4.79 Å². The number of aromatic nitrogens is 2. The van der Waals surface area contributed by atoms with E-state index in [9.17, 15) is 4.79 Å². The van der Waals surface area contributed by atoms with Crippen molar-refractivity contribution in [3.05, 3.63) is 51.4 Å². The molecular weight excluding hydrogens is 409 g/mol. The summed E-state index contributed by atoms with van der Waals surface area (Å²) in [4.78, 5) is 26.3. The van der Waals surface area contributed by atoms with Gasteiger partial charge in [-0.15, -0.1) is 0 Å². The smallest absolute Gasteiger partial charge is 0.231 e. The molecule has 0 radical (unpaired) electrons. The summed E-state index contributed by atoms with van der Waals surface area (Å²) in [6.07, 6.45) is 3.81. The Hall–Kier alpha value is -1.89. The van der Waals surface area contributed by atoms with Crippen molar-refractivity contribution >= 4 is 34.9 Å². The van der Waals surface area contributed by atoms with Crippen LogP contribution in [0.3, 0.4) is 0 Å². The second-order valence-corrected chi connectivity index (χ2v) is 8.59. The molecule has 1 aromatic carbocycles. The number of anilines is 1. The first-order valence-electron chi connectivity index (χ1n) is 10.0. The molecule has 2 unspecified atom stereocenters. The van der Waals surface area contributed by atoms with Crippen LogP contribution in [0.1, 0.15) is 42.0 Å². The van der Waals surface area contributed by atoms with E-state index in [1.165, 1.54) is 11.3 Å². The third-order valence-corrected chi connectivity index (χ3v) is 6.76. The molecule has 1 aliphatic carbocycles. The molecule has 2 atom stereocenters. The third-order valence-electron chi connectivity index (χ3n) is 6.02. The molecule has 4 rings (SSSR count). The molecule has 2 aliphatic rings. The molecule has 0 spiro atoms. The van der Waals surface area contributed by atoms with Crippen LogP contribution in [0.4, 0.5) is 5.82 Å². The van der Waals surface area contributed by atoms with Crippen molar-refractivity contribution in [3.63, 3.8) is 0 Å². The van der Waals surface area contributed by atoms with Crippen molar-refractivity contribution in [3.8, 4) is 0 Å². The summed E-state index contributed by atoms with van der Waals surface area (Å²) in [5, 5.41) is 0.908. The Labute approximate surface area is 181 Å². The van der Waals surface area contributed by atoms with Crippen molar-refractivity contribution in [2.75, 3.05) is 37.6 Å². The maximum Gasteiger partial charge on any atom is 0.231 e. The van der Waals surface area contributed by atoms with Crippen molar-refractivity contribution in [2.45, 2.75) is 31.6 Å². The number of hydrogen-bond acceptors (Lipinski definition) is 5. The van der Waals surface area contributed by atoms with Gasteiger partial charge >= 0.3 is 0 Å². The van der Waals surface area contributed by atoms with Crippen LogP contribution in [-0.2, 0) is 11.2 Å². The quantitative estimate of drug-likeness (QED) is 0.800. The predicted octanol–water partition coefficient (Wildman–Crippen LogP) is 3.22. The summed E-state index contributed by atoms with van der Waals surface area (Å²) >= 11 is 12.1. The molecule has 8 heteroatoms. The van der Waals surface area contributed by atoms with E-state index in [1.54, 1.807) is 18.5 Å². The van der Waals surface area contributed by atoms with Crippen molar-refractivity contribution in [1.29, 1.82) is 0 Å². The number of benzene rings is 1. The number of nitrogens with zero attached hydrogens (tertiary/aromatic N) is 4. The van der Waals surface area contributed by atoms with Gasteiger partial charge in [-0.2, -0.15) is 0 Å². The van der Waals surface area contributed by atoms with Gasteiger partial charge in [0.05, 0.1) is 16.0 Å². The Morgan fingerprint density at radius 1 is 1.21 bits per heavy atom. The highest BCUT2D eigenvalue weighted by Gasteiger charge is 2.31. The summed E-state index contributed by atoms with van der Waals surface area (Å²) in [6.45, 7) is 5.25. The number of halogens is 2. The first kappa shape index (κ1) is 20.4. The van der Waals surface area contributed by atoms with Crippen molar-refractivity contribution in [2.24, 2.45) is 5.73 Å². The second kappa shape index (κ2) is 8.46. The highest BCUT2D eigenvalue weighted by molar-refractivity contribution is 6.42. The zero-order chi connectivity index (χ0) is 20.5. The molecule has 154 valence electrons. The standard InChI is InChI=1S/C21H25Cl2N5O/c1-13-2-5-18-19(13)20(26-12-25-18)27-6-8-28(9-7-27)21(29)15(11-24)14-3-4-16(22)17(23)10-14/h3-4,10,12-13,15H,2,5-9,11,24H2,1H3. The molecule has 2 heterocycles. The van der Waals surface area contributed by atoms with Crippen LogP contribution >= 0.6 is 23.2 Å². The van der Waals surface area contributed by atoms with E-state index in [1.807, 2.05) is 11.0 Å². The zero-order valence-corrected chi connectivity index (χ0v) is 18.0. The van der Waals surface area contributed by atoms with Crippen LogP contribution in [0.15, 0.2) is 24.5 Å². The summed E-state index contributed by atoms with van der Waals surface area (Å²) in [5.41, 5.74) is 9.20. The van der Waals surface area contributed by atoms with Gasteiger partial charge in [-0.1, -0.05) is 36.2 Å². The number of amides is 1. The van der Waals surface area contributed by atoms with E-state index < -0.39 is 5.92 Å². The van der Waals surface area contributed by atoms with Gasteiger partial charge in [-0.3, -0.25) is 4.79 Å². The average Bonchev–Trinajstić information content (AvgIpc) is 3.12. The van der Waals surface area contributed by atoms with E-state index in [4.69, 9.17) is 28.9 Å². The number of fused-ring (bicyclic) bond motifs is 1. The summed E-state index contributed by atoms with van der Waals surface area (Å²) in [7, 11) is 0. The van der Waals surface area contributed by atoms with Gasteiger partial charge in [0.15, 0.2) is 0 Å². The molecular formula is C21H25Cl2N5O. The fraction of sp³-hybridized carbons (Fsp3) is 0.476. The first-order valence-corrected chi connectivity index (χ1v) is 10.8. The Morgan fingerprint density at radius 3 is 2.66 bits per heavy atom. The largest absolute Gasteiger partial charge is 0.353 e. The Balaban J connectivity index is 1.46. The Bertz CT molecular complexity index is 914. The number of nitrogens with two attached hydrogens (primary N) is 1. The van der Waals surface area contributed by atoms with Crippen LogP contribution in [0.5, 0.6) is 0 Å². The Kier molecular flexibility index (Phi) is 5.95. The monoisotopic (exact) mass is 433 g/mol. The van der Waals surface area contributed by atoms with Gasteiger partial charge in [0.25, 0.3) is 0 Å².